The van der Waals surface area contributed by atoms with E-state index in [-0.39, 0.29) is 5.69 Å². The number of amides is 1. The van der Waals surface area contributed by atoms with Gasteiger partial charge in [0.25, 0.3) is 5.91 Å². The van der Waals surface area contributed by atoms with Crippen LogP contribution in [0.3, 0.4) is 0 Å². The van der Waals surface area contributed by atoms with Gasteiger partial charge in [-0.3, -0.25) is 4.79 Å². The van der Waals surface area contributed by atoms with Gasteiger partial charge < -0.3 is 14.8 Å². The van der Waals surface area contributed by atoms with Gasteiger partial charge >= 0.3 is 5.97 Å². The Hall–Kier alpha value is -3.19. The molecule has 0 aliphatic rings. The van der Waals surface area contributed by atoms with Gasteiger partial charge in [-0.25, -0.2) is 9.78 Å². The molecule has 1 N–H and O–H groups in total. The predicted octanol–water partition coefficient (Wildman–Crippen LogP) is 4.57. The third kappa shape index (κ3) is 5.42. The van der Waals surface area contributed by atoms with Crippen molar-refractivity contribution in [2.24, 2.45) is 0 Å². The van der Waals surface area contributed by atoms with Gasteiger partial charge in [-0.1, -0.05) is 43.3 Å². The lowest BCUT2D eigenvalue weighted by Gasteiger charge is -2.11. The minimum absolute atomic E-state index is 0.187. The van der Waals surface area contributed by atoms with E-state index < -0.39 is 18.5 Å². The molecule has 0 saturated carbocycles. The molecule has 1 heterocycles. The quantitative estimate of drug-likeness (QED) is 0.551. The van der Waals surface area contributed by atoms with Crippen LogP contribution in [0.15, 0.2) is 53.9 Å². The molecule has 0 spiro atoms. The minimum Gasteiger partial charge on any atom is -0.492 e. The Labute approximate surface area is 173 Å². The number of carbonyl (C=O) groups is 2. The Kier molecular flexibility index (Phi) is 6.97. The van der Waals surface area contributed by atoms with Crippen LogP contribution in [-0.4, -0.2) is 30.1 Å². The zero-order valence-electron chi connectivity index (χ0n) is 16.3. The Morgan fingerprint density at radius 3 is 2.55 bits per heavy atom. The fraction of sp³-hybridized carbons (Fsp3) is 0.227. The van der Waals surface area contributed by atoms with Gasteiger partial charge in [0.1, 0.15) is 10.8 Å². The summed E-state index contributed by atoms with van der Waals surface area (Å²) in [4.78, 5) is 28.7. The van der Waals surface area contributed by atoms with Crippen LogP contribution < -0.4 is 10.1 Å². The second kappa shape index (κ2) is 9.84. The lowest BCUT2D eigenvalue weighted by Crippen LogP contribution is -2.21. The van der Waals surface area contributed by atoms with Crippen molar-refractivity contribution in [3.63, 3.8) is 0 Å². The molecule has 0 bridgehead atoms. The third-order valence-corrected chi connectivity index (χ3v) is 5.01. The first-order valence-electron chi connectivity index (χ1n) is 9.34. The molecular formula is C22H22N2O4S. The number of thiazole rings is 1. The van der Waals surface area contributed by atoms with Crippen molar-refractivity contribution < 1.29 is 19.1 Å². The van der Waals surface area contributed by atoms with Gasteiger partial charge in [0.05, 0.1) is 12.3 Å². The summed E-state index contributed by atoms with van der Waals surface area (Å²) in [7, 11) is 0. The Morgan fingerprint density at radius 2 is 1.83 bits per heavy atom. The second-order valence-electron chi connectivity index (χ2n) is 6.14. The average Bonchev–Trinajstić information content (AvgIpc) is 3.24. The molecule has 150 valence electrons. The zero-order chi connectivity index (χ0) is 20.6. The van der Waals surface area contributed by atoms with Crippen LogP contribution in [0.2, 0.25) is 0 Å². The van der Waals surface area contributed by atoms with Crippen LogP contribution in [0.1, 0.15) is 29.9 Å². The summed E-state index contributed by atoms with van der Waals surface area (Å²) in [5.41, 5.74) is 2.90. The van der Waals surface area contributed by atoms with Gasteiger partial charge in [0, 0.05) is 10.9 Å². The molecule has 0 fully saturated rings. The number of aryl methyl sites for hydroxylation is 1. The monoisotopic (exact) mass is 410 g/mol. The van der Waals surface area contributed by atoms with E-state index >= 15 is 0 Å². The average molecular weight is 410 g/mol. The summed E-state index contributed by atoms with van der Waals surface area (Å²) in [5, 5.41) is 5.05. The Balaban J connectivity index is 1.57. The number of para-hydroxylation sites is 2. The van der Waals surface area contributed by atoms with Crippen LogP contribution in [0, 0.1) is 0 Å². The molecule has 7 heteroatoms. The Bertz CT molecular complexity index is 982. The molecule has 0 aliphatic carbocycles. The molecular weight excluding hydrogens is 388 g/mol. The highest BCUT2D eigenvalue weighted by atomic mass is 32.1. The summed E-state index contributed by atoms with van der Waals surface area (Å²) in [6.45, 7) is 4.03. The van der Waals surface area contributed by atoms with Gasteiger partial charge in [-0.15, -0.1) is 11.3 Å². The number of carbonyl (C=O) groups excluding carboxylic acids is 2. The summed E-state index contributed by atoms with van der Waals surface area (Å²) in [5.74, 6) is -0.519. The highest BCUT2D eigenvalue weighted by Crippen LogP contribution is 2.25. The molecule has 3 aromatic rings. The summed E-state index contributed by atoms with van der Waals surface area (Å²) < 4.78 is 10.6. The van der Waals surface area contributed by atoms with Crippen LogP contribution in [0.25, 0.3) is 10.6 Å². The first-order chi connectivity index (χ1) is 14.1. The number of hydrogen-bond acceptors (Lipinski definition) is 6. The van der Waals surface area contributed by atoms with Crippen LogP contribution in [0.4, 0.5) is 5.69 Å². The van der Waals surface area contributed by atoms with Crippen LogP contribution in [0.5, 0.6) is 5.75 Å². The molecule has 3 rings (SSSR count). The highest BCUT2D eigenvalue weighted by molar-refractivity contribution is 7.13. The highest BCUT2D eigenvalue weighted by Gasteiger charge is 2.16. The second-order valence-corrected chi connectivity index (χ2v) is 7.00. The van der Waals surface area contributed by atoms with E-state index in [1.807, 2.05) is 37.3 Å². The first-order valence-corrected chi connectivity index (χ1v) is 10.2. The molecule has 6 nitrogen and oxygen atoms in total. The SMILES string of the molecule is CCOc1ccccc1NC(=O)COC(=O)c1csc(-c2ccc(CC)cc2)n1. The number of rotatable bonds is 8. The van der Waals surface area contributed by atoms with Crippen molar-refractivity contribution in [3.05, 3.63) is 65.2 Å². The Morgan fingerprint density at radius 1 is 1.07 bits per heavy atom. The normalized spacial score (nSPS) is 10.4. The van der Waals surface area contributed by atoms with Gasteiger partial charge in [-0.05, 0) is 31.0 Å². The molecule has 1 aromatic heterocycles. The first kappa shape index (κ1) is 20.5. The molecule has 0 saturated heterocycles. The molecule has 0 atom stereocenters. The van der Waals surface area contributed by atoms with E-state index in [9.17, 15) is 9.59 Å². The van der Waals surface area contributed by atoms with Crippen LogP contribution in [-0.2, 0) is 16.0 Å². The minimum atomic E-state index is -0.633. The number of esters is 1. The van der Waals surface area contributed by atoms with Gasteiger partial charge in [0.15, 0.2) is 12.3 Å². The molecule has 1 amide bonds. The zero-order valence-corrected chi connectivity index (χ0v) is 17.1. The van der Waals surface area contributed by atoms with Crippen molar-refractivity contribution in [2.45, 2.75) is 20.3 Å². The smallest absolute Gasteiger partial charge is 0.358 e. The topological polar surface area (TPSA) is 77.5 Å². The van der Waals surface area contributed by atoms with E-state index in [1.54, 1.807) is 23.6 Å². The third-order valence-electron chi connectivity index (χ3n) is 4.12. The lowest BCUT2D eigenvalue weighted by molar-refractivity contribution is -0.119. The van der Waals surface area contributed by atoms with E-state index in [1.165, 1.54) is 16.9 Å². The lowest BCUT2D eigenvalue weighted by atomic mass is 10.1. The molecule has 29 heavy (non-hydrogen) atoms. The molecule has 2 aromatic carbocycles. The predicted molar refractivity (Wildman–Crippen MR) is 113 cm³/mol. The van der Waals surface area contributed by atoms with Crippen LogP contribution >= 0.6 is 11.3 Å². The summed E-state index contributed by atoms with van der Waals surface area (Å²) >= 11 is 1.36. The maximum Gasteiger partial charge on any atom is 0.358 e. The fourth-order valence-corrected chi connectivity index (χ4v) is 3.42. The summed E-state index contributed by atoms with van der Waals surface area (Å²) in [6.07, 6.45) is 0.965. The van der Waals surface area contributed by atoms with Crippen molar-refractivity contribution >= 4 is 28.9 Å². The van der Waals surface area contributed by atoms with Crippen molar-refractivity contribution in [1.82, 2.24) is 4.98 Å². The van der Waals surface area contributed by atoms with Crippen molar-refractivity contribution in [2.75, 3.05) is 18.5 Å². The number of nitrogens with one attached hydrogen (secondary N) is 1. The fourth-order valence-electron chi connectivity index (χ4n) is 2.63. The molecule has 0 radical (unpaired) electrons. The van der Waals surface area contributed by atoms with E-state index in [0.29, 0.717) is 18.0 Å². The number of aromatic nitrogens is 1. The van der Waals surface area contributed by atoms with Crippen molar-refractivity contribution in [3.8, 4) is 16.3 Å². The maximum absolute atomic E-state index is 12.2. The number of hydrogen-bond donors (Lipinski definition) is 1. The standard InChI is InChI=1S/C22H22N2O4S/c1-3-15-9-11-16(12-10-15)21-24-18(14-29-21)22(26)28-13-20(25)23-17-7-5-6-8-19(17)27-4-2/h5-12,14H,3-4,13H2,1-2H3,(H,23,25). The van der Waals surface area contributed by atoms with E-state index in [4.69, 9.17) is 9.47 Å². The number of nitrogens with zero attached hydrogens (tertiary/aromatic N) is 1. The number of benzene rings is 2. The van der Waals surface area contributed by atoms with Gasteiger partial charge in [0.2, 0.25) is 0 Å². The molecule has 0 unspecified atom stereocenters. The largest absolute Gasteiger partial charge is 0.492 e. The van der Waals surface area contributed by atoms with Gasteiger partial charge in [-0.2, -0.15) is 0 Å². The van der Waals surface area contributed by atoms with E-state index in [2.05, 4.69) is 17.2 Å². The number of anilines is 1. The summed E-state index contributed by atoms with van der Waals surface area (Å²) in [6, 6.07) is 15.1. The molecule has 0 aliphatic heterocycles. The van der Waals surface area contributed by atoms with Crippen molar-refractivity contribution in [1.29, 1.82) is 0 Å². The van der Waals surface area contributed by atoms with E-state index in [0.717, 1.165) is 17.0 Å². The maximum atomic E-state index is 12.2. The number of ether oxygens (including phenoxy) is 2.